The Morgan fingerprint density at radius 1 is 1.32 bits per heavy atom. The highest BCUT2D eigenvalue weighted by atomic mass is 19.4. The van der Waals surface area contributed by atoms with Gasteiger partial charge in [-0.25, -0.2) is 4.79 Å². The maximum absolute atomic E-state index is 13.2. The minimum Gasteiger partial charge on any atom is -0.467 e. The second kappa shape index (κ2) is 4.27. The van der Waals surface area contributed by atoms with Crippen molar-refractivity contribution in [1.82, 2.24) is 4.98 Å². The van der Waals surface area contributed by atoms with E-state index in [9.17, 15) is 18.0 Å². The number of nitrogens with two attached hydrogens (primary N) is 1. The van der Waals surface area contributed by atoms with Crippen LogP contribution in [0.2, 0.25) is 0 Å². The third kappa shape index (κ3) is 1.86. The summed E-state index contributed by atoms with van der Waals surface area (Å²) in [6.07, 6.45) is -3.89. The molecule has 0 bridgehead atoms. The van der Waals surface area contributed by atoms with E-state index in [1.165, 1.54) is 6.07 Å². The van der Waals surface area contributed by atoms with Crippen LogP contribution in [0.4, 0.5) is 13.2 Å². The number of alkyl halides is 3. The molecule has 19 heavy (non-hydrogen) atoms. The molecule has 0 aliphatic rings. The van der Waals surface area contributed by atoms with Crippen molar-refractivity contribution in [2.24, 2.45) is 5.73 Å². The maximum atomic E-state index is 13.2. The average molecular weight is 272 g/mol. The Morgan fingerprint density at radius 3 is 2.53 bits per heavy atom. The third-order valence-corrected chi connectivity index (χ3v) is 2.97. The molecule has 4 nitrogen and oxygen atoms in total. The van der Waals surface area contributed by atoms with Crippen LogP contribution < -0.4 is 5.73 Å². The van der Waals surface area contributed by atoms with E-state index >= 15 is 0 Å². The van der Waals surface area contributed by atoms with Crippen LogP contribution in [0.1, 0.15) is 5.56 Å². The van der Waals surface area contributed by atoms with Crippen molar-refractivity contribution in [3.63, 3.8) is 0 Å². The minimum atomic E-state index is -4.97. The van der Waals surface area contributed by atoms with Crippen molar-refractivity contribution in [3.05, 3.63) is 36.0 Å². The Labute approximate surface area is 106 Å². The molecule has 0 fully saturated rings. The van der Waals surface area contributed by atoms with E-state index in [2.05, 4.69) is 9.72 Å². The number of para-hydroxylation sites is 1. The molecule has 2 aromatic rings. The highest BCUT2D eigenvalue weighted by Crippen LogP contribution is 2.40. The fraction of sp³-hybridized carbons (Fsp3) is 0.250. The fourth-order valence-corrected chi connectivity index (χ4v) is 1.94. The highest BCUT2D eigenvalue weighted by molar-refractivity contribution is 5.93. The quantitative estimate of drug-likeness (QED) is 0.822. The molecular formula is C12H11F3N2O2. The van der Waals surface area contributed by atoms with Crippen LogP contribution in [0.5, 0.6) is 0 Å². The topological polar surface area (TPSA) is 68.1 Å². The van der Waals surface area contributed by atoms with E-state index in [-0.39, 0.29) is 10.9 Å². The van der Waals surface area contributed by atoms with Gasteiger partial charge in [0, 0.05) is 22.7 Å². The molecule has 0 spiro atoms. The number of methoxy groups -OCH3 is 1. The number of halogens is 3. The number of carbonyl (C=O) groups excluding carboxylic acids is 1. The van der Waals surface area contributed by atoms with Gasteiger partial charge in [0.1, 0.15) is 0 Å². The molecule has 0 amide bonds. The number of hydrogen-bond acceptors (Lipinski definition) is 3. The zero-order valence-electron chi connectivity index (χ0n) is 9.91. The second-order valence-corrected chi connectivity index (χ2v) is 4.05. The number of fused-ring (bicyclic) bond motifs is 1. The van der Waals surface area contributed by atoms with Crippen molar-refractivity contribution in [2.45, 2.75) is 11.7 Å². The van der Waals surface area contributed by atoms with Crippen LogP contribution in [0.15, 0.2) is 30.5 Å². The van der Waals surface area contributed by atoms with Crippen LogP contribution >= 0.6 is 0 Å². The summed E-state index contributed by atoms with van der Waals surface area (Å²) in [6, 6.07) is 6.27. The van der Waals surface area contributed by atoms with Gasteiger partial charge in [0.2, 0.25) is 5.54 Å². The molecule has 1 heterocycles. The van der Waals surface area contributed by atoms with E-state index in [4.69, 9.17) is 5.73 Å². The van der Waals surface area contributed by atoms with Gasteiger partial charge in [-0.15, -0.1) is 0 Å². The summed E-state index contributed by atoms with van der Waals surface area (Å²) >= 11 is 0. The number of carbonyl (C=O) groups is 1. The van der Waals surface area contributed by atoms with E-state index < -0.39 is 17.7 Å². The molecule has 0 aliphatic carbocycles. The lowest BCUT2D eigenvalue weighted by molar-refractivity contribution is -0.206. The Kier molecular flexibility index (Phi) is 3.01. The standard InChI is InChI=1S/C12H11F3N2O2/c1-19-10(18)11(16,12(13,14)15)8-6-17-9-5-3-2-4-7(8)9/h2-6,17H,16H2,1H3. The summed E-state index contributed by atoms with van der Waals surface area (Å²) in [6.45, 7) is 0. The lowest BCUT2D eigenvalue weighted by Gasteiger charge is -2.28. The summed E-state index contributed by atoms with van der Waals surface area (Å²) in [5, 5.41) is 0.229. The van der Waals surface area contributed by atoms with Gasteiger partial charge in [0.15, 0.2) is 0 Å². The highest BCUT2D eigenvalue weighted by Gasteiger charge is 2.61. The number of H-pyrrole nitrogens is 1. The van der Waals surface area contributed by atoms with Gasteiger partial charge in [-0.1, -0.05) is 18.2 Å². The minimum absolute atomic E-state index is 0.229. The number of aromatic nitrogens is 1. The summed E-state index contributed by atoms with van der Waals surface area (Å²) < 4.78 is 43.8. The Morgan fingerprint density at radius 2 is 1.95 bits per heavy atom. The Bertz CT molecular complexity index is 621. The van der Waals surface area contributed by atoms with Gasteiger partial charge in [-0.2, -0.15) is 13.2 Å². The number of benzene rings is 1. The average Bonchev–Trinajstić information content (AvgIpc) is 2.79. The first kappa shape index (κ1) is 13.4. The molecule has 0 saturated heterocycles. The van der Waals surface area contributed by atoms with E-state index in [0.717, 1.165) is 13.3 Å². The largest absolute Gasteiger partial charge is 0.467 e. The molecule has 102 valence electrons. The molecule has 2 rings (SSSR count). The maximum Gasteiger partial charge on any atom is 0.421 e. The second-order valence-electron chi connectivity index (χ2n) is 4.05. The smallest absolute Gasteiger partial charge is 0.421 e. The molecule has 0 radical (unpaired) electrons. The summed E-state index contributed by atoms with van der Waals surface area (Å²) in [5.41, 5.74) is 2.25. The van der Waals surface area contributed by atoms with Crippen LogP contribution in [0.25, 0.3) is 10.9 Å². The number of hydrogen-bond donors (Lipinski definition) is 2. The monoisotopic (exact) mass is 272 g/mol. The lowest BCUT2D eigenvalue weighted by atomic mass is 9.90. The van der Waals surface area contributed by atoms with E-state index in [1.54, 1.807) is 18.2 Å². The number of aromatic amines is 1. The molecule has 1 aromatic carbocycles. The number of rotatable bonds is 2. The van der Waals surface area contributed by atoms with Crippen molar-refractivity contribution in [1.29, 1.82) is 0 Å². The Balaban J connectivity index is 2.72. The first-order chi connectivity index (χ1) is 8.82. The van der Waals surface area contributed by atoms with Gasteiger partial charge in [-0.3, -0.25) is 0 Å². The molecular weight excluding hydrogens is 261 g/mol. The first-order valence-corrected chi connectivity index (χ1v) is 5.33. The summed E-state index contributed by atoms with van der Waals surface area (Å²) in [4.78, 5) is 14.2. The molecule has 0 aliphatic heterocycles. The predicted molar refractivity (Wildman–Crippen MR) is 62.2 cm³/mol. The molecule has 1 atom stereocenters. The van der Waals surface area contributed by atoms with Crippen LogP contribution in [-0.4, -0.2) is 24.2 Å². The lowest BCUT2D eigenvalue weighted by Crippen LogP contribution is -2.57. The summed E-state index contributed by atoms with van der Waals surface area (Å²) in [7, 11) is 0.866. The van der Waals surface area contributed by atoms with Gasteiger partial charge in [0.25, 0.3) is 0 Å². The van der Waals surface area contributed by atoms with Crippen molar-refractivity contribution >= 4 is 16.9 Å². The van der Waals surface area contributed by atoms with Crippen LogP contribution in [-0.2, 0) is 15.1 Å². The third-order valence-electron chi connectivity index (χ3n) is 2.97. The zero-order valence-corrected chi connectivity index (χ0v) is 9.91. The van der Waals surface area contributed by atoms with Gasteiger partial charge in [0.05, 0.1) is 7.11 Å². The van der Waals surface area contributed by atoms with Crippen molar-refractivity contribution in [3.8, 4) is 0 Å². The Hall–Kier alpha value is -2.02. The number of ether oxygens (including phenoxy) is 1. The van der Waals surface area contributed by atoms with E-state index in [0.29, 0.717) is 5.52 Å². The summed E-state index contributed by atoms with van der Waals surface area (Å²) in [5.74, 6) is -1.55. The van der Waals surface area contributed by atoms with Gasteiger partial charge in [-0.05, 0) is 6.07 Å². The molecule has 1 unspecified atom stereocenters. The molecule has 0 saturated carbocycles. The van der Waals surface area contributed by atoms with Crippen LogP contribution in [0.3, 0.4) is 0 Å². The van der Waals surface area contributed by atoms with Gasteiger partial charge >= 0.3 is 12.1 Å². The van der Waals surface area contributed by atoms with E-state index in [1.807, 2.05) is 0 Å². The number of esters is 1. The SMILES string of the molecule is COC(=O)C(N)(c1c[nH]c2ccccc12)C(F)(F)F. The number of nitrogens with one attached hydrogen (secondary N) is 1. The molecule has 3 N–H and O–H groups in total. The normalized spacial score (nSPS) is 15.2. The van der Waals surface area contributed by atoms with Gasteiger partial charge < -0.3 is 15.5 Å². The first-order valence-electron chi connectivity index (χ1n) is 5.33. The predicted octanol–water partition coefficient (Wildman–Crippen LogP) is 2.06. The van der Waals surface area contributed by atoms with Crippen molar-refractivity contribution < 1.29 is 22.7 Å². The van der Waals surface area contributed by atoms with Crippen LogP contribution in [0, 0.1) is 0 Å². The van der Waals surface area contributed by atoms with Crippen molar-refractivity contribution in [2.75, 3.05) is 7.11 Å². The fourth-order valence-electron chi connectivity index (χ4n) is 1.94. The molecule has 1 aromatic heterocycles. The molecule has 7 heteroatoms. The zero-order chi connectivity index (χ0) is 14.3.